The second-order valence-corrected chi connectivity index (χ2v) is 23.6. The van der Waals surface area contributed by atoms with Gasteiger partial charge in [-0.2, -0.15) is 0 Å². The smallest absolute Gasteiger partial charge is 0.297 e. The summed E-state index contributed by atoms with van der Waals surface area (Å²) >= 11 is 0. The van der Waals surface area contributed by atoms with Gasteiger partial charge in [0.2, 0.25) is 0 Å². The number of rotatable bonds is 4. The SMILES string of the molecule is CC(C)(C)c1ccc(-c2oc3c(c2-c2ccccc2)N(c2ccc(C(C)(C)C)cc2)c2cc(C(C)(C)C)cc4c2B3c2cc(C(C)(C)C)ccc2N4c2ccc(C(C)(C)C)cc2)cc1. The van der Waals surface area contributed by atoms with Gasteiger partial charge in [-0.25, -0.2) is 0 Å². The molecule has 0 atom stereocenters. The van der Waals surface area contributed by atoms with Crippen molar-refractivity contribution in [3.63, 3.8) is 0 Å². The van der Waals surface area contributed by atoms with E-state index in [0.29, 0.717) is 0 Å². The Morgan fingerprint density at radius 1 is 0.391 bits per heavy atom. The Balaban J connectivity index is 1.44. The first-order chi connectivity index (χ1) is 29.9. The number of fused-ring (bicyclic) bond motifs is 4. The van der Waals surface area contributed by atoms with Crippen molar-refractivity contribution in [3.05, 3.63) is 161 Å². The molecule has 0 radical (unpaired) electrons. The predicted molar refractivity (Wildman–Crippen MR) is 277 cm³/mol. The van der Waals surface area contributed by atoms with Crippen LogP contribution in [0, 0.1) is 0 Å². The van der Waals surface area contributed by atoms with Gasteiger partial charge in [0.1, 0.15) is 5.76 Å². The van der Waals surface area contributed by atoms with Crippen LogP contribution in [0.5, 0.6) is 0 Å². The Kier molecular flexibility index (Phi) is 10.1. The van der Waals surface area contributed by atoms with Gasteiger partial charge in [0.25, 0.3) is 6.71 Å². The molecule has 4 heteroatoms. The van der Waals surface area contributed by atoms with E-state index in [0.717, 1.165) is 45.2 Å². The molecule has 64 heavy (non-hydrogen) atoms. The van der Waals surface area contributed by atoms with Crippen LogP contribution < -0.4 is 26.4 Å². The molecule has 2 aliphatic heterocycles. The maximum Gasteiger partial charge on any atom is 0.297 e. The third-order valence-corrected chi connectivity index (χ3v) is 13.7. The van der Waals surface area contributed by atoms with Crippen molar-refractivity contribution in [3.8, 4) is 22.5 Å². The molecule has 326 valence electrons. The number of furan rings is 1. The highest BCUT2D eigenvalue weighted by molar-refractivity contribution is 6.99. The molecule has 0 fully saturated rings. The summed E-state index contributed by atoms with van der Waals surface area (Å²) in [5.74, 6) is 0.895. The van der Waals surface area contributed by atoms with Gasteiger partial charge in [-0.3, -0.25) is 0 Å². The van der Waals surface area contributed by atoms with Crippen molar-refractivity contribution >= 4 is 57.4 Å². The van der Waals surface area contributed by atoms with Gasteiger partial charge in [0, 0.05) is 34.0 Å². The van der Waals surface area contributed by atoms with Crippen molar-refractivity contribution in [2.75, 3.05) is 9.80 Å². The number of hydrogen-bond acceptors (Lipinski definition) is 3. The summed E-state index contributed by atoms with van der Waals surface area (Å²) in [4.78, 5) is 5.09. The zero-order valence-electron chi connectivity index (χ0n) is 41.1. The Morgan fingerprint density at radius 2 is 0.828 bits per heavy atom. The Morgan fingerprint density at radius 3 is 1.31 bits per heavy atom. The average molecular weight is 843 g/mol. The first-order valence-corrected chi connectivity index (χ1v) is 23.4. The summed E-state index contributed by atoms with van der Waals surface area (Å²) in [6, 6.07) is 50.8. The van der Waals surface area contributed by atoms with Crippen molar-refractivity contribution in [1.29, 1.82) is 0 Å². The number of hydrogen-bond donors (Lipinski definition) is 0. The van der Waals surface area contributed by atoms with Crippen LogP contribution >= 0.6 is 0 Å². The monoisotopic (exact) mass is 843 g/mol. The molecule has 0 N–H and O–H groups in total. The van der Waals surface area contributed by atoms with E-state index in [4.69, 9.17) is 4.42 Å². The normalized spacial score (nSPS) is 14.1. The van der Waals surface area contributed by atoms with E-state index in [1.165, 1.54) is 55.8 Å². The van der Waals surface area contributed by atoms with E-state index in [1.807, 2.05) is 0 Å². The third kappa shape index (κ3) is 7.51. The summed E-state index contributed by atoms with van der Waals surface area (Å²) < 4.78 is 7.70. The van der Waals surface area contributed by atoms with Crippen molar-refractivity contribution < 1.29 is 4.42 Å². The zero-order valence-corrected chi connectivity index (χ0v) is 41.1. The standard InChI is InChI=1S/C60H67BN2O/c1-56(2,3)40-23-21-39(22-24-40)54-51(38-19-17-16-18-20-38)53-55(64-54)61-47-35-43(59(10,11)12)29-34-48(47)62(45-30-25-41(26-31-45)57(4,5)6)49-36-44(60(13,14)15)37-50(52(49)61)63(53)46-32-27-42(28-33-46)58(7,8)9/h16-37H,1-15H3. The second kappa shape index (κ2) is 14.9. The van der Waals surface area contributed by atoms with Gasteiger partial charge in [0.15, 0.2) is 0 Å². The minimum atomic E-state index is -0.174. The van der Waals surface area contributed by atoms with Gasteiger partial charge in [0.05, 0.1) is 16.9 Å². The quantitative estimate of drug-likeness (QED) is 0.165. The molecule has 0 bridgehead atoms. The predicted octanol–water partition coefficient (Wildman–Crippen LogP) is 15.2. The van der Waals surface area contributed by atoms with E-state index in [1.54, 1.807) is 0 Å². The molecule has 6 aromatic carbocycles. The summed E-state index contributed by atoms with van der Waals surface area (Å²) in [5.41, 5.74) is 20.2. The average Bonchev–Trinajstić information content (AvgIpc) is 3.62. The lowest BCUT2D eigenvalue weighted by molar-refractivity contribution is 0.589. The van der Waals surface area contributed by atoms with E-state index in [9.17, 15) is 0 Å². The fourth-order valence-electron chi connectivity index (χ4n) is 9.68. The largest absolute Gasteiger partial charge is 0.467 e. The van der Waals surface area contributed by atoms with Crippen LogP contribution in [0.15, 0.2) is 138 Å². The third-order valence-electron chi connectivity index (χ3n) is 13.7. The molecular weight excluding hydrogens is 775 g/mol. The summed E-state index contributed by atoms with van der Waals surface area (Å²) in [6.07, 6.45) is 0. The van der Waals surface area contributed by atoms with E-state index >= 15 is 0 Å². The summed E-state index contributed by atoms with van der Waals surface area (Å²) in [5, 5.41) is 0. The van der Waals surface area contributed by atoms with Gasteiger partial charge in [-0.15, -0.1) is 0 Å². The maximum absolute atomic E-state index is 7.70. The fraction of sp³-hybridized carbons (Fsp3) is 0.333. The van der Waals surface area contributed by atoms with Gasteiger partial charge in [-0.05, 0) is 114 Å². The van der Waals surface area contributed by atoms with Crippen molar-refractivity contribution in [2.24, 2.45) is 0 Å². The first kappa shape index (κ1) is 43.5. The van der Waals surface area contributed by atoms with Gasteiger partial charge >= 0.3 is 0 Å². The molecule has 0 saturated heterocycles. The van der Waals surface area contributed by atoms with E-state index < -0.39 is 0 Å². The molecule has 0 amide bonds. The Labute approximate surface area is 384 Å². The fourth-order valence-corrected chi connectivity index (χ4v) is 9.68. The Hall–Kier alpha value is -5.74. The van der Waals surface area contributed by atoms with Crippen LogP contribution in [-0.4, -0.2) is 6.71 Å². The molecular formula is C60H67BN2O. The van der Waals surface area contributed by atoms with Crippen molar-refractivity contribution in [1.82, 2.24) is 0 Å². The first-order valence-electron chi connectivity index (χ1n) is 23.4. The van der Waals surface area contributed by atoms with Crippen LogP contribution in [0.3, 0.4) is 0 Å². The highest BCUT2D eigenvalue weighted by Crippen LogP contribution is 2.52. The zero-order chi connectivity index (χ0) is 45.9. The Bertz CT molecular complexity index is 2870. The molecule has 7 aromatic rings. The van der Waals surface area contributed by atoms with Crippen LogP contribution in [0.4, 0.5) is 34.1 Å². The van der Waals surface area contributed by atoms with Gasteiger partial charge in [-0.1, -0.05) is 195 Å². The molecule has 0 spiro atoms. The minimum absolute atomic E-state index is 0.0107. The number of nitrogens with zero attached hydrogens (tertiary/aromatic N) is 2. The molecule has 9 rings (SSSR count). The molecule has 3 nitrogen and oxygen atoms in total. The topological polar surface area (TPSA) is 19.6 Å². The molecule has 1 aromatic heterocycles. The highest BCUT2D eigenvalue weighted by atomic mass is 16.3. The number of benzene rings is 6. The van der Waals surface area contributed by atoms with Crippen LogP contribution in [0.1, 0.15) is 132 Å². The lowest BCUT2D eigenvalue weighted by Crippen LogP contribution is -2.61. The van der Waals surface area contributed by atoms with Gasteiger partial charge < -0.3 is 14.2 Å². The van der Waals surface area contributed by atoms with Crippen molar-refractivity contribution in [2.45, 2.75) is 131 Å². The molecule has 3 heterocycles. The van der Waals surface area contributed by atoms with Crippen LogP contribution in [0.2, 0.25) is 0 Å². The maximum atomic E-state index is 7.70. The lowest BCUT2D eigenvalue weighted by atomic mass is 9.35. The summed E-state index contributed by atoms with van der Waals surface area (Å²) in [7, 11) is 0. The molecule has 0 unspecified atom stereocenters. The number of anilines is 6. The lowest BCUT2D eigenvalue weighted by Gasteiger charge is -2.44. The van der Waals surface area contributed by atoms with Crippen LogP contribution in [0.25, 0.3) is 22.5 Å². The molecule has 0 aliphatic carbocycles. The molecule has 0 saturated carbocycles. The highest BCUT2D eigenvalue weighted by Gasteiger charge is 2.49. The van der Waals surface area contributed by atoms with E-state index in [-0.39, 0.29) is 33.8 Å². The van der Waals surface area contributed by atoms with E-state index in [2.05, 4.69) is 247 Å². The van der Waals surface area contributed by atoms with Crippen LogP contribution in [-0.2, 0) is 27.1 Å². The second-order valence-electron chi connectivity index (χ2n) is 23.6. The summed E-state index contributed by atoms with van der Waals surface area (Å²) in [6.45, 7) is 34.4. The molecule has 2 aliphatic rings. The minimum Gasteiger partial charge on any atom is -0.467 e.